The Bertz CT molecular complexity index is 666. The maximum Gasteiger partial charge on any atom is 0.228 e. The average Bonchev–Trinajstić information content (AvgIpc) is 3.47. The zero-order valence-electron chi connectivity index (χ0n) is 17.4. The highest BCUT2D eigenvalue weighted by atomic mass is 16.2. The van der Waals surface area contributed by atoms with Crippen LogP contribution in [-0.2, 0) is 9.59 Å². The van der Waals surface area contributed by atoms with Crippen molar-refractivity contribution in [3.05, 3.63) is 24.3 Å². The van der Waals surface area contributed by atoms with Crippen molar-refractivity contribution in [3.8, 4) is 0 Å². The fourth-order valence-electron chi connectivity index (χ4n) is 3.77. The van der Waals surface area contributed by atoms with E-state index in [9.17, 15) is 9.59 Å². The summed E-state index contributed by atoms with van der Waals surface area (Å²) in [4.78, 5) is 29.1. The van der Waals surface area contributed by atoms with Crippen molar-refractivity contribution in [2.45, 2.75) is 32.6 Å². The van der Waals surface area contributed by atoms with Gasteiger partial charge in [-0.2, -0.15) is 0 Å². The number of nitrogens with zero attached hydrogens (tertiary/aromatic N) is 2. The molecule has 2 atom stereocenters. The molecule has 2 N–H and O–H groups in total. The van der Waals surface area contributed by atoms with Gasteiger partial charge in [-0.1, -0.05) is 6.92 Å². The second-order valence-corrected chi connectivity index (χ2v) is 8.60. The Labute approximate surface area is 168 Å². The molecule has 1 saturated carbocycles. The number of nitrogens with one attached hydrogen (secondary N) is 2. The molecule has 6 nitrogen and oxygen atoms in total. The second kappa shape index (κ2) is 9.41. The summed E-state index contributed by atoms with van der Waals surface area (Å²) in [6.45, 7) is 6.12. The monoisotopic (exact) mass is 386 g/mol. The maximum atomic E-state index is 12.4. The highest BCUT2D eigenvalue weighted by Crippen LogP contribution is 2.39. The number of amides is 2. The summed E-state index contributed by atoms with van der Waals surface area (Å²) in [5.74, 6) is 0.402. The molecule has 2 unspecified atom stereocenters. The Morgan fingerprint density at radius 2 is 1.71 bits per heavy atom. The highest BCUT2D eigenvalue weighted by Gasteiger charge is 2.47. The normalized spacial score (nSPS) is 22.2. The minimum absolute atomic E-state index is 0.00795. The van der Waals surface area contributed by atoms with Gasteiger partial charge in [0.1, 0.15) is 0 Å². The number of hydrogen-bond donors (Lipinski definition) is 2. The molecule has 2 aliphatic rings. The Balaban J connectivity index is 1.41. The number of anilines is 2. The molecule has 1 aliphatic heterocycles. The minimum Gasteiger partial charge on any atom is -0.372 e. The van der Waals surface area contributed by atoms with Crippen LogP contribution in [-0.4, -0.2) is 57.0 Å². The largest absolute Gasteiger partial charge is 0.372 e. The molecule has 2 fully saturated rings. The maximum absolute atomic E-state index is 12.4. The second-order valence-electron chi connectivity index (χ2n) is 8.60. The van der Waals surface area contributed by atoms with Gasteiger partial charge < -0.3 is 20.4 Å². The van der Waals surface area contributed by atoms with Gasteiger partial charge in [0, 0.05) is 31.0 Å². The van der Waals surface area contributed by atoms with Crippen LogP contribution < -0.4 is 15.5 Å². The number of benzene rings is 1. The van der Waals surface area contributed by atoms with Crippen LogP contribution in [0.15, 0.2) is 24.3 Å². The van der Waals surface area contributed by atoms with Gasteiger partial charge in [-0.15, -0.1) is 0 Å². The van der Waals surface area contributed by atoms with E-state index in [0.717, 1.165) is 37.7 Å². The molecule has 1 heterocycles. The predicted molar refractivity (Wildman–Crippen MR) is 113 cm³/mol. The van der Waals surface area contributed by atoms with Crippen molar-refractivity contribution < 1.29 is 9.59 Å². The molecule has 28 heavy (non-hydrogen) atoms. The van der Waals surface area contributed by atoms with Gasteiger partial charge >= 0.3 is 0 Å². The van der Waals surface area contributed by atoms with Gasteiger partial charge in [0.2, 0.25) is 11.8 Å². The van der Waals surface area contributed by atoms with Gasteiger partial charge in [-0.3, -0.25) is 9.59 Å². The van der Waals surface area contributed by atoms with Gasteiger partial charge in [-0.25, -0.2) is 0 Å². The molecule has 1 aromatic carbocycles. The van der Waals surface area contributed by atoms with E-state index in [-0.39, 0.29) is 23.7 Å². The lowest BCUT2D eigenvalue weighted by atomic mass is 9.99. The van der Waals surface area contributed by atoms with E-state index in [1.807, 2.05) is 26.2 Å². The summed E-state index contributed by atoms with van der Waals surface area (Å²) in [5.41, 5.74) is 2.02. The third-order valence-corrected chi connectivity index (χ3v) is 5.83. The number of carbonyl (C=O) groups excluding carboxylic acids is 2. The smallest absolute Gasteiger partial charge is 0.228 e. The lowest BCUT2D eigenvalue weighted by molar-refractivity contribution is -0.125. The van der Waals surface area contributed by atoms with E-state index in [0.29, 0.717) is 13.0 Å². The van der Waals surface area contributed by atoms with E-state index >= 15 is 0 Å². The first-order chi connectivity index (χ1) is 13.4. The van der Waals surface area contributed by atoms with Gasteiger partial charge in [0.15, 0.2) is 0 Å². The van der Waals surface area contributed by atoms with Gasteiger partial charge in [0.05, 0.1) is 11.8 Å². The first kappa shape index (κ1) is 20.6. The van der Waals surface area contributed by atoms with E-state index < -0.39 is 0 Å². The number of carbonyl (C=O) groups is 2. The molecule has 154 valence electrons. The van der Waals surface area contributed by atoms with Gasteiger partial charge in [0.25, 0.3) is 0 Å². The zero-order chi connectivity index (χ0) is 20.1. The Kier molecular flexibility index (Phi) is 6.94. The fraction of sp³-hybridized carbons (Fsp3) is 0.636. The minimum atomic E-state index is -0.197. The summed E-state index contributed by atoms with van der Waals surface area (Å²) in [6.07, 6.45) is 4.04. The van der Waals surface area contributed by atoms with E-state index in [1.165, 1.54) is 18.5 Å². The molecule has 1 aliphatic carbocycles. The highest BCUT2D eigenvalue weighted by molar-refractivity contribution is 5.99. The summed E-state index contributed by atoms with van der Waals surface area (Å²) in [6, 6.07) is 8.08. The molecular formula is C22H34N4O2. The third kappa shape index (κ3) is 5.71. The number of hydrogen-bond acceptors (Lipinski definition) is 4. The van der Waals surface area contributed by atoms with Crippen LogP contribution in [0.25, 0.3) is 0 Å². The van der Waals surface area contributed by atoms with Crippen molar-refractivity contribution in [2.24, 2.45) is 17.8 Å². The van der Waals surface area contributed by atoms with Crippen molar-refractivity contribution in [1.82, 2.24) is 10.2 Å². The molecule has 2 amide bonds. The summed E-state index contributed by atoms with van der Waals surface area (Å²) < 4.78 is 0. The molecular weight excluding hydrogens is 352 g/mol. The third-order valence-electron chi connectivity index (χ3n) is 5.83. The first-order valence-electron chi connectivity index (χ1n) is 10.5. The van der Waals surface area contributed by atoms with Crippen LogP contribution in [0.1, 0.15) is 32.6 Å². The van der Waals surface area contributed by atoms with Crippen molar-refractivity contribution in [2.75, 3.05) is 50.5 Å². The summed E-state index contributed by atoms with van der Waals surface area (Å²) in [5, 5.41) is 5.91. The standard InChI is InChI=1S/C22H34N4O2/c1-16-9-13-26(14-10-16)18-7-5-17(6-8-18)24-22(28)20-15-19(20)21(27)23-11-4-12-25(2)3/h5-8,16,19-20H,4,9-15H2,1-3H3,(H,23,27)(H,24,28). The Morgan fingerprint density at radius 3 is 2.36 bits per heavy atom. The molecule has 1 saturated heterocycles. The zero-order valence-corrected chi connectivity index (χ0v) is 17.4. The predicted octanol–water partition coefficient (Wildman–Crippen LogP) is 2.57. The molecule has 1 aromatic rings. The quantitative estimate of drug-likeness (QED) is 0.674. The first-order valence-corrected chi connectivity index (χ1v) is 10.5. The number of piperidine rings is 1. The van der Waals surface area contributed by atoms with Crippen LogP contribution in [0.4, 0.5) is 11.4 Å². The summed E-state index contributed by atoms with van der Waals surface area (Å²) in [7, 11) is 4.03. The van der Waals surface area contributed by atoms with Crippen LogP contribution in [0.2, 0.25) is 0 Å². The molecule has 0 spiro atoms. The molecule has 0 aromatic heterocycles. The Morgan fingerprint density at radius 1 is 1.07 bits per heavy atom. The van der Waals surface area contributed by atoms with Crippen molar-refractivity contribution in [3.63, 3.8) is 0 Å². The topological polar surface area (TPSA) is 64.7 Å². The van der Waals surface area contributed by atoms with Crippen LogP contribution in [0.5, 0.6) is 0 Å². The van der Waals surface area contributed by atoms with Crippen LogP contribution in [0, 0.1) is 17.8 Å². The fourth-order valence-corrected chi connectivity index (χ4v) is 3.77. The van der Waals surface area contributed by atoms with E-state index in [1.54, 1.807) is 0 Å². The molecule has 0 radical (unpaired) electrons. The van der Waals surface area contributed by atoms with E-state index in [2.05, 4.69) is 39.5 Å². The Hall–Kier alpha value is -2.08. The number of rotatable bonds is 8. The van der Waals surface area contributed by atoms with Crippen molar-refractivity contribution >= 4 is 23.2 Å². The molecule has 3 rings (SSSR count). The van der Waals surface area contributed by atoms with Crippen LogP contribution in [0.3, 0.4) is 0 Å². The molecule has 0 bridgehead atoms. The SMILES string of the molecule is CC1CCN(c2ccc(NC(=O)C3CC3C(=O)NCCCN(C)C)cc2)CC1. The van der Waals surface area contributed by atoms with E-state index in [4.69, 9.17) is 0 Å². The lowest BCUT2D eigenvalue weighted by Crippen LogP contribution is -2.32. The molecule has 6 heteroatoms. The summed E-state index contributed by atoms with van der Waals surface area (Å²) >= 11 is 0. The lowest BCUT2D eigenvalue weighted by Gasteiger charge is -2.32. The van der Waals surface area contributed by atoms with Crippen LogP contribution >= 0.6 is 0 Å². The van der Waals surface area contributed by atoms with Gasteiger partial charge in [-0.05, 0) is 76.5 Å². The van der Waals surface area contributed by atoms with Crippen molar-refractivity contribution in [1.29, 1.82) is 0 Å². The average molecular weight is 387 g/mol.